The van der Waals surface area contributed by atoms with Crippen LogP contribution in [0.2, 0.25) is 0 Å². The summed E-state index contributed by atoms with van der Waals surface area (Å²) in [6.07, 6.45) is 1.11. The summed E-state index contributed by atoms with van der Waals surface area (Å²) in [7, 11) is 0. The molecular weight excluding hydrogens is 368 g/mol. The van der Waals surface area contributed by atoms with E-state index in [1.54, 1.807) is 24.3 Å². The highest BCUT2D eigenvalue weighted by Crippen LogP contribution is 2.29. The molecule has 2 amide bonds. The third-order valence-electron chi connectivity index (χ3n) is 4.47. The predicted octanol–water partition coefficient (Wildman–Crippen LogP) is 4.38. The molecule has 0 radical (unpaired) electrons. The van der Waals surface area contributed by atoms with Crippen LogP contribution in [-0.2, 0) is 16.0 Å². The molecule has 0 atom stereocenters. The molecule has 0 saturated heterocycles. The Bertz CT molecular complexity index is 1030. The number of hydrogen-bond donors (Lipinski definition) is 2. The number of nitrogens with one attached hydrogen (secondary N) is 2. The van der Waals surface area contributed by atoms with Gasteiger partial charge in [-0.05, 0) is 54.4 Å². The molecule has 0 aromatic heterocycles. The van der Waals surface area contributed by atoms with Gasteiger partial charge in [-0.25, -0.2) is 0 Å². The maximum atomic E-state index is 12.4. The quantitative estimate of drug-likeness (QED) is 0.657. The zero-order chi connectivity index (χ0) is 20.1. The highest BCUT2D eigenvalue weighted by atomic mass is 16.5. The minimum atomic E-state index is -0.292. The molecule has 29 heavy (non-hydrogen) atoms. The normalized spacial score (nSPS) is 12.5. The number of fused-ring (bicyclic) bond motifs is 1. The van der Waals surface area contributed by atoms with Crippen LogP contribution >= 0.6 is 0 Å². The lowest BCUT2D eigenvalue weighted by molar-refractivity contribution is -0.118. The molecule has 3 aromatic carbocycles. The first kappa shape index (κ1) is 18.6. The Labute approximate surface area is 168 Å². The molecule has 1 aliphatic heterocycles. The summed E-state index contributed by atoms with van der Waals surface area (Å²) in [5, 5.41) is 5.65. The zero-order valence-corrected chi connectivity index (χ0v) is 15.7. The zero-order valence-electron chi connectivity index (χ0n) is 15.7. The molecule has 6 nitrogen and oxygen atoms in total. The first-order valence-electron chi connectivity index (χ1n) is 9.35. The predicted molar refractivity (Wildman–Crippen MR) is 110 cm³/mol. The monoisotopic (exact) mass is 388 g/mol. The highest BCUT2D eigenvalue weighted by molar-refractivity contribution is 5.94. The van der Waals surface area contributed by atoms with Gasteiger partial charge < -0.3 is 20.1 Å². The van der Waals surface area contributed by atoms with Crippen molar-refractivity contribution in [3.8, 4) is 17.2 Å². The van der Waals surface area contributed by atoms with E-state index >= 15 is 0 Å². The van der Waals surface area contributed by atoms with Gasteiger partial charge in [-0.2, -0.15) is 0 Å². The van der Waals surface area contributed by atoms with Crippen LogP contribution in [-0.4, -0.2) is 18.4 Å². The average molecular weight is 388 g/mol. The van der Waals surface area contributed by atoms with E-state index < -0.39 is 0 Å². The van der Waals surface area contributed by atoms with E-state index in [2.05, 4.69) is 10.6 Å². The first-order valence-corrected chi connectivity index (χ1v) is 9.35. The van der Waals surface area contributed by atoms with Gasteiger partial charge in [0.15, 0.2) is 12.4 Å². The van der Waals surface area contributed by atoms with Gasteiger partial charge in [-0.15, -0.1) is 0 Å². The van der Waals surface area contributed by atoms with Gasteiger partial charge in [0.1, 0.15) is 11.5 Å². The van der Waals surface area contributed by atoms with Crippen molar-refractivity contribution < 1.29 is 19.1 Å². The topological polar surface area (TPSA) is 76.7 Å². The Morgan fingerprint density at radius 1 is 0.931 bits per heavy atom. The number of ether oxygens (including phenoxy) is 2. The molecule has 2 N–H and O–H groups in total. The third-order valence-corrected chi connectivity index (χ3v) is 4.47. The lowest BCUT2D eigenvalue weighted by Gasteiger charge is -2.17. The number of carbonyl (C=O) groups is 2. The number of hydrogen-bond acceptors (Lipinski definition) is 4. The van der Waals surface area contributed by atoms with Gasteiger partial charge in [0, 0.05) is 12.1 Å². The Kier molecular flexibility index (Phi) is 5.42. The van der Waals surface area contributed by atoms with Crippen LogP contribution in [0.1, 0.15) is 12.0 Å². The summed E-state index contributed by atoms with van der Waals surface area (Å²) in [5.41, 5.74) is 2.37. The molecule has 0 aliphatic carbocycles. The van der Waals surface area contributed by atoms with Crippen LogP contribution in [0.15, 0.2) is 72.8 Å². The SMILES string of the molecule is O=C1CCc2cc(OCC(=O)Nc3ccccc3Oc3ccccc3)ccc2N1. The summed E-state index contributed by atoms with van der Waals surface area (Å²) in [6, 6.07) is 22.0. The Morgan fingerprint density at radius 3 is 2.59 bits per heavy atom. The van der Waals surface area contributed by atoms with Gasteiger partial charge in [0.05, 0.1) is 5.69 Å². The van der Waals surface area contributed by atoms with E-state index in [4.69, 9.17) is 9.47 Å². The van der Waals surface area contributed by atoms with Gasteiger partial charge in [0.2, 0.25) is 5.91 Å². The molecule has 6 heteroatoms. The van der Waals surface area contributed by atoms with Crippen LogP contribution in [0.3, 0.4) is 0 Å². The largest absolute Gasteiger partial charge is 0.484 e. The number of aryl methyl sites for hydroxylation is 1. The Morgan fingerprint density at radius 2 is 1.72 bits per heavy atom. The van der Waals surface area contributed by atoms with E-state index in [1.807, 2.05) is 48.5 Å². The summed E-state index contributed by atoms with van der Waals surface area (Å²) < 4.78 is 11.5. The van der Waals surface area contributed by atoms with Crippen LogP contribution < -0.4 is 20.1 Å². The maximum absolute atomic E-state index is 12.4. The fourth-order valence-electron chi connectivity index (χ4n) is 3.06. The molecule has 1 heterocycles. The lowest BCUT2D eigenvalue weighted by atomic mass is 10.0. The molecule has 0 spiro atoms. The molecule has 0 fully saturated rings. The van der Waals surface area contributed by atoms with E-state index in [1.165, 1.54) is 0 Å². The molecule has 0 bridgehead atoms. The third kappa shape index (κ3) is 4.73. The van der Waals surface area contributed by atoms with Gasteiger partial charge in [0.25, 0.3) is 5.91 Å². The maximum Gasteiger partial charge on any atom is 0.262 e. The van der Waals surface area contributed by atoms with E-state index in [9.17, 15) is 9.59 Å². The lowest BCUT2D eigenvalue weighted by Crippen LogP contribution is -2.21. The van der Waals surface area contributed by atoms with Crippen molar-refractivity contribution in [2.24, 2.45) is 0 Å². The summed E-state index contributed by atoms with van der Waals surface area (Å²) >= 11 is 0. The van der Waals surface area contributed by atoms with Crippen molar-refractivity contribution in [2.75, 3.05) is 17.2 Å². The van der Waals surface area contributed by atoms with Crippen LogP contribution in [0.25, 0.3) is 0 Å². The average Bonchev–Trinajstić information content (AvgIpc) is 2.74. The number of carbonyl (C=O) groups excluding carboxylic acids is 2. The summed E-state index contributed by atoms with van der Waals surface area (Å²) in [6.45, 7) is -0.134. The number of anilines is 2. The van der Waals surface area contributed by atoms with Crippen LogP contribution in [0.4, 0.5) is 11.4 Å². The number of para-hydroxylation sites is 3. The Hall–Kier alpha value is -3.80. The van der Waals surface area contributed by atoms with E-state index in [-0.39, 0.29) is 18.4 Å². The molecule has 1 aliphatic rings. The second kappa shape index (κ2) is 8.48. The molecule has 0 saturated carbocycles. The smallest absolute Gasteiger partial charge is 0.262 e. The van der Waals surface area contributed by atoms with Crippen LogP contribution in [0.5, 0.6) is 17.2 Å². The highest BCUT2D eigenvalue weighted by Gasteiger charge is 2.15. The fraction of sp³-hybridized carbons (Fsp3) is 0.130. The van der Waals surface area contributed by atoms with Crippen molar-refractivity contribution >= 4 is 23.2 Å². The van der Waals surface area contributed by atoms with Crippen molar-refractivity contribution in [1.82, 2.24) is 0 Å². The van der Waals surface area contributed by atoms with Crippen molar-refractivity contribution in [3.05, 3.63) is 78.4 Å². The second-order valence-corrected chi connectivity index (χ2v) is 6.62. The standard InChI is InChI=1S/C23H20N2O4/c26-22-13-10-16-14-18(11-12-19(16)24-22)28-15-23(27)25-20-8-4-5-9-21(20)29-17-6-2-1-3-7-17/h1-9,11-12,14H,10,13,15H2,(H,24,26)(H,25,27). The molecule has 4 rings (SSSR count). The minimum absolute atomic E-state index is 0.0157. The number of rotatable bonds is 6. The van der Waals surface area contributed by atoms with Crippen molar-refractivity contribution in [2.45, 2.75) is 12.8 Å². The summed E-state index contributed by atoms with van der Waals surface area (Å²) in [5.74, 6) is 1.55. The van der Waals surface area contributed by atoms with Gasteiger partial charge >= 0.3 is 0 Å². The molecular formula is C23H20N2O4. The summed E-state index contributed by atoms with van der Waals surface area (Å²) in [4.78, 5) is 23.8. The van der Waals surface area contributed by atoms with E-state index in [0.717, 1.165) is 11.3 Å². The minimum Gasteiger partial charge on any atom is -0.484 e. The van der Waals surface area contributed by atoms with Gasteiger partial charge in [-0.1, -0.05) is 30.3 Å². The molecule has 3 aromatic rings. The second-order valence-electron chi connectivity index (χ2n) is 6.62. The molecule has 146 valence electrons. The van der Waals surface area contributed by atoms with Gasteiger partial charge in [-0.3, -0.25) is 9.59 Å². The Balaban J connectivity index is 1.37. The van der Waals surface area contributed by atoms with Crippen molar-refractivity contribution in [3.63, 3.8) is 0 Å². The number of benzene rings is 3. The first-order chi connectivity index (χ1) is 14.2. The van der Waals surface area contributed by atoms with Crippen LogP contribution in [0, 0.1) is 0 Å². The van der Waals surface area contributed by atoms with Crippen molar-refractivity contribution in [1.29, 1.82) is 0 Å². The number of amides is 2. The van der Waals surface area contributed by atoms with E-state index in [0.29, 0.717) is 35.8 Å². The fourth-order valence-corrected chi connectivity index (χ4v) is 3.06. The molecule has 0 unspecified atom stereocenters.